The minimum atomic E-state index is -3.91. The Morgan fingerprint density at radius 2 is 1.82 bits per heavy atom. The van der Waals surface area contributed by atoms with Crippen molar-refractivity contribution in [3.63, 3.8) is 0 Å². The van der Waals surface area contributed by atoms with Crippen molar-refractivity contribution in [3.05, 3.63) is 60.4 Å². The number of piperidine rings is 1. The van der Waals surface area contributed by atoms with Crippen molar-refractivity contribution in [2.45, 2.75) is 24.2 Å². The van der Waals surface area contributed by atoms with E-state index in [9.17, 15) is 17.6 Å². The van der Waals surface area contributed by atoms with Crippen LogP contribution in [-0.2, 0) is 19.6 Å². The average molecular weight is 477 g/mol. The molecule has 2 aromatic rings. The predicted molar refractivity (Wildman–Crippen MR) is 121 cm³/mol. The molecule has 0 aromatic heterocycles. The van der Waals surface area contributed by atoms with Crippen LogP contribution in [0.25, 0.3) is 0 Å². The molecule has 1 atom stereocenters. The van der Waals surface area contributed by atoms with Gasteiger partial charge in [-0.15, -0.1) is 0 Å². The SMILES string of the molecule is O=C(CC1(COc2ccccc2)CCCN(S(=O)(=O)c2cccc(F)c2)C1)N1CCOCC1. The number of hydrogen-bond acceptors (Lipinski definition) is 5. The highest BCUT2D eigenvalue weighted by molar-refractivity contribution is 7.89. The van der Waals surface area contributed by atoms with Gasteiger partial charge in [0.15, 0.2) is 0 Å². The second-order valence-corrected chi connectivity index (χ2v) is 10.6. The molecule has 0 aliphatic carbocycles. The van der Waals surface area contributed by atoms with Crippen LogP contribution in [0.3, 0.4) is 0 Å². The number of hydrogen-bond donors (Lipinski definition) is 0. The molecular formula is C24H29FN2O5S. The number of halogens is 1. The molecule has 2 saturated heterocycles. The molecule has 2 aliphatic heterocycles. The topological polar surface area (TPSA) is 76.2 Å². The van der Waals surface area contributed by atoms with Gasteiger partial charge in [0.05, 0.1) is 24.7 Å². The first kappa shape index (κ1) is 23.7. The molecule has 0 radical (unpaired) electrons. The summed E-state index contributed by atoms with van der Waals surface area (Å²) in [6, 6.07) is 14.3. The summed E-state index contributed by atoms with van der Waals surface area (Å²) in [6.45, 7) is 2.72. The van der Waals surface area contributed by atoms with Gasteiger partial charge in [0.2, 0.25) is 15.9 Å². The van der Waals surface area contributed by atoms with Crippen molar-refractivity contribution in [2.75, 3.05) is 46.0 Å². The van der Waals surface area contributed by atoms with Crippen LogP contribution in [0, 0.1) is 11.2 Å². The zero-order valence-corrected chi connectivity index (χ0v) is 19.3. The summed E-state index contributed by atoms with van der Waals surface area (Å²) < 4.78 is 53.1. The Kier molecular flexibility index (Phi) is 7.31. The largest absolute Gasteiger partial charge is 0.493 e. The van der Waals surface area contributed by atoms with Crippen LogP contribution >= 0.6 is 0 Å². The third-order valence-corrected chi connectivity index (χ3v) is 8.08. The van der Waals surface area contributed by atoms with Crippen LogP contribution in [0.15, 0.2) is 59.5 Å². The Hall–Kier alpha value is -2.49. The van der Waals surface area contributed by atoms with Crippen molar-refractivity contribution >= 4 is 15.9 Å². The summed E-state index contributed by atoms with van der Waals surface area (Å²) in [6.07, 6.45) is 1.42. The maximum absolute atomic E-state index is 13.7. The zero-order chi connectivity index (χ0) is 23.3. The van der Waals surface area contributed by atoms with Gasteiger partial charge in [-0.25, -0.2) is 12.8 Å². The highest BCUT2D eigenvalue weighted by Crippen LogP contribution is 2.37. The Morgan fingerprint density at radius 1 is 1.06 bits per heavy atom. The number of nitrogens with zero attached hydrogens (tertiary/aromatic N) is 2. The molecule has 0 N–H and O–H groups in total. The molecule has 1 amide bonds. The Bertz CT molecular complexity index is 1060. The molecule has 4 rings (SSSR count). The van der Waals surface area contributed by atoms with Crippen molar-refractivity contribution in [1.29, 1.82) is 0 Å². The van der Waals surface area contributed by atoms with E-state index in [4.69, 9.17) is 9.47 Å². The molecule has 33 heavy (non-hydrogen) atoms. The first-order valence-corrected chi connectivity index (χ1v) is 12.6. The van der Waals surface area contributed by atoms with E-state index in [1.807, 2.05) is 30.3 Å². The predicted octanol–water partition coefficient (Wildman–Crippen LogP) is 2.92. The van der Waals surface area contributed by atoms with Crippen LogP contribution in [0.2, 0.25) is 0 Å². The standard InChI is InChI=1S/C24H29FN2O5S/c25-20-6-4-9-22(16-20)33(29,30)27-11-5-10-24(18-27,19-32-21-7-2-1-3-8-21)17-23(28)26-12-14-31-15-13-26/h1-4,6-9,16H,5,10-15,17-19H2. The van der Waals surface area contributed by atoms with Crippen molar-refractivity contribution in [1.82, 2.24) is 9.21 Å². The van der Waals surface area contributed by atoms with Gasteiger partial charge < -0.3 is 14.4 Å². The monoisotopic (exact) mass is 476 g/mol. The van der Waals surface area contributed by atoms with Gasteiger partial charge >= 0.3 is 0 Å². The van der Waals surface area contributed by atoms with E-state index in [2.05, 4.69) is 0 Å². The fourth-order valence-corrected chi connectivity index (χ4v) is 6.08. The Labute approximate surface area is 194 Å². The number of carbonyl (C=O) groups excluding carboxylic acids is 1. The van der Waals surface area contributed by atoms with Crippen molar-refractivity contribution < 1.29 is 27.1 Å². The van der Waals surface area contributed by atoms with Gasteiger partial charge in [-0.2, -0.15) is 4.31 Å². The summed E-state index contributed by atoms with van der Waals surface area (Å²) in [4.78, 5) is 14.8. The lowest BCUT2D eigenvalue weighted by Crippen LogP contribution is -2.51. The summed E-state index contributed by atoms with van der Waals surface area (Å²) in [7, 11) is -3.91. The van der Waals surface area contributed by atoms with E-state index in [1.54, 1.807) is 4.90 Å². The van der Waals surface area contributed by atoms with E-state index in [-0.39, 0.29) is 30.4 Å². The Morgan fingerprint density at radius 3 is 2.55 bits per heavy atom. The number of benzene rings is 2. The summed E-state index contributed by atoms with van der Waals surface area (Å²) in [5.74, 6) is 0.0371. The van der Waals surface area contributed by atoms with Crippen LogP contribution in [0.4, 0.5) is 4.39 Å². The van der Waals surface area contributed by atoms with Crippen LogP contribution in [0.1, 0.15) is 19.3 Å². The van der Waals surface area contributed by atoms with Crippen molar-refractivity contribution in [3.8, 4) is 5.75 Å². The maximum atomic E-state index is 13.7. The second kappa shape index (κ2) is 10.2. The van der Waals surface area contributed by atoms with Crippen LogP contribution in [0.5, 0.6) is 5.75 Å². The first-order chi connectivity index (χ1) is 15.9. The van der Waals surface area contributed by atoms with Gasteiger partial charge in [-0.3, -0.25) is 4.79 Å². The number of carbonyl (C=O) groups is 1. The fourth-order valence-electron chi connectivity index (χ4n) is 4.46. The second-order valence-electron chi connectivity index (χ2n) is 8.67. The van der Waals surface area contributed by atoms with Gasteiger partial charge in [-0.1, -0.05) is 24.3 Å². The highest BCUT2D eigenvalue weighted by Gasteiger charge is 2.43. The van der Waals surface area contributed by atoms with Crippen molar-refractivity contribution in [2.24, 2.45) is 5.41 Å². The summed E-state index contributed by atoms with van der Waals surface area (Å²) in [5.41, 5.74) is -0.691. The molecule has 2 heterocycles. The molecular weight excluding hydrogens is 447 g/mol. The molecule has 9 heteroatoms. The first-order valence-electron chi connectivity index (χ1n) is 11.2. The Balaban J connectivity index is 1.57. The number of sulfonamides is 1. The molecule has 0 bridgehead atoms. The lowest BCUT2D eigenvalue weighted by atomic mass is 9.78. The number of para-hydroxylation sites is 1. The van der Waals surface area contributed by atoms with E-state index in [0.717, 1.165) is 6.07 Å². The lowest BCUT2D eigenvalue weighted by Gasteiger charge is -2.42. The van der Waals surface area contributed by atoms with E-state index < -0.39 is 21.3 Å². The minimum absolute atomic E-state index is 0.0278. The van der Waals surface area contributed by atoms with Gasteiger partial charge in [0.1, 0.15) is 11.6 Å². The third-order valence-electron chi connectivity index (χ3n) is 6.24. The minimum Gasteiger partial charge on any atom is -0.493 e. The number of morpholine rings is 1. The zero-order valence-electron chi connectivity index (χ0n) is 18.5. The summed E-state index contributed by atoms with van der Waals surface area (Å²) in [5, 5.41) is 0. The van der Waals surface area contributed by atoms with Gasteiger partial charge in [-0.05, 0) is 43.2 Å². The molecule has 0 spiro atoms. The number of ether oxygens (including phenoxy) is 2. The maximum Gasteiger partial charge on any atom is 0.243 e. The van der Waals surface area contributed by atoms with E-state index in [0.29, 0.717) is 51.4 Å². The average Bonchev–Trinajstić information content (AvgIpc) is 2.84. The summed E-state index contributed by atoms with van der Waals surface area (Å²) >= 11 is 0. The van der Waals surface area contributed by atoms with E-state index in [1.165, 1.54) is 22.5 Å². The molecule has 0 saturated carbocycles. The molecule has 2 fully saturated rings. The molecule has 1 unspecified atom stereocenters. The van der Waals surface area contributed by atoms with E-state index >= 15 is 0 Å². The molecule has 178 valence electrons. The quantitative estimate of drug-likeness (QED) is 0.614. The normalized spacial score (nSPS) is 22.2. The third kappa shape index (κ3) is 5.72. The highest BCUT2D eigenvalue weighted by atomic mass is 32.2. The lowest BCUT2D eigenvalue weighted by molar-refractivity contribution is -0.139. The van der Waals surface area contributed by atoms with Crippen LogP contribution < -0.4 is 4.74 Å². The van der Waals surface area contributed by atoms with Gasteiger partial charge in [0, 0.05) is 38.0 Å². The molecule has 7 nitrogen and oxygen atoms in total. The molecule has 2 aromatic carbocycles. The fraction of sp³-hybridized carbons (Fsp3) is 0.458. The molecule has 2 aliphatic rings. The van der Waals surface area contributed by atoms with Crippen LogP contribution in [-0.4, -0.2) is 69.5 Å². The smallest absolute Gasteiger partial charge is 0.243 e. The van der Waals surface area contributed by atoms with Gasteiger partial charge in [0.25, 0.3) is 0 Å². The number of amides is 1. The number of rotatable bonds is 7.